The Labute approximate surface area is 105 Å². The lowest BCUT2D eigenvalue weighted by molar-refractivity contribution is -0.124. The second-order valence-corrected chi connectivity index (χ2v) is 5.77. The zero-order valence-electron chi connectivity index (χ0n) is 11.6. The van der Waals surface area contributed by atoms with Gasteiger partial charge in [0.1, 0.15) is 0 Å². The Bertz CT molecular complexity index is 267. The number of hydrogen-bond acceptors (Lipinski definition) is 3. The van der Waals surface area contributed by atoms with Crippen LogP contribution >= 0.6 is 0 Å². The Kier molecular flexibility index (Phi) is 4.95. The van der Waals surface area contributed by atoms with Crippen molar-refractivity contribution in [2.45, 2.75) is 64.6 Å². The van der Waals surface area contributed by atoms with Crippen LogP contribution in [0.5, 0.6) is 0 Å². The Balaban J connectivity index is 2.52. The van der Waals surface area contributed by atoms with E-state index in [4.69, 9.17) is 5.73 Å². The molecule has 1 aliphatic heterocycles. The first kappa shape index (κ1) is 14.5. The molecule has 0 aromatic heterocycles. The van der Waals surface area contributed by atoms with Crippen LogP contribution in [0.1, 0.15) is 47.0 Å². The van der Waals surface area contributed by atoms with E-state index < -0.39 is 5.54 Å². The second kappa shape index (κ2) is 5.83. The summed E-state index contributed by atoms with van der Waals surface area (Å²) >= 11 is 0. The molecule has 100 valence electrons. The minimum atomic E-state index is -0.587. The van der Waals surface area contributed by atoms with Crippen molar-refractivity contribution in [2.75, 3.05) is 13.1 Å². The van der Waals surface area contributed by atoms with Crippen LogP contribution in [-0.2, 0) is 4.79 Å². The minimum absolute atomic E-state index is 0.252. The zero-order valence-corrected chi connectivity index (χ0v) is 11.6. The van der Waals surface area contributed by atoms with Gasteiger partial charge in [-0.25, -0.2) is 0 Å². The molecule has 0 aromatic rings. The molecule has 0 aliphatic carbocycles. The van der Waals surface area contributed by atoms with Gasteiger partial charge < -0.3 is 16.0 Å². The topological polar surface area (TPSA) is 58.4 Å². The van der Waals surface area contributed by atoms with E-state index in [2.05, 4.69) is 17.1 Å². The molecule has 0 spiro atoms. The Morgan fingerprint density at radius 1 is 1.59 bits per heavy atom. The molecule has 1 amide bonds. The van der Waals surface area contributed by atoms with Gasteiger partial charge in [-0.05, 0) is 53.5 Å². The molecule has 0 bridgehead atoms. The third-order valence-electron chi connectivity index (χ3n) is 3.74. The summed E-state index contributed by atoms with van der Waals surface area (Å²) in [7, 11) is 0. The summed E-state index contributed by atoms with van der Waals surface area (Å²) in [5.41, 5.74) is 4.93. The van der Waals surface area contributed by atoms with Gasteiger partial charge in [-0.2, -0.15) is 0 Å². The van der Waals surface area contributed by atoms with Crippen LogP contribution < -0.4 is 11.1 Å². The highest BCUT2D eigenvalue weighted by Gasteiger charge is 2.32. The smallest absolute Gasteiger partial charge is 0.237 e. The molecular formula is C13H27N3O. The molecule has 3 N–H and O–H groups in total. The molecule has 2 atom stereocenters. The lowest BCUT2D eigenvalue weighted by Crippen LogP contribution is -2.56. The largest absolute Gasteiger partial charge is 0.368 e. The lowest BCUT2D eigenvalue weighted by atomic mass is 9.95. The molecule has 0 saturated carbocycles. The van der Waals surface area contributed by atoms with Crippen LogP contribution in [0.3, 0.4) is 0 Å². The first-order valence-corrected chi connectivity index (χ1v) is 6.67. The van der Waals surface area contributed by atoms with Crippen molar-refractivity contribution in [3.8, 4) is 0 Å². The molecule has 4 nitrogen and oxygen atoms in total. The SMILES string of the molecule is CC(C)NC(C)(CCN1CCCC1C)C(N)=O. The first-order chi connectivity index (χ1) is 7.85. The van der Waals surface area contributed by atoms with Crippen molar-refractivity contribution in [3.63, 3.8) is 0 Å². The van der Waals surface area contributed by atoms with Crippen molar-refractivity contribution >= 4 is 5.91 Å². The maximum Gasteiger partial charge on any atom is 0.237 e. The van der Waals surface area contributed by atoms with Gasteiger partial charge in [-0.1, -0.05) is 0 Å². The van der Waals surface area contributed by atoms with Crippen LogP contribution in [-0.4, -0.2) is 41.5 Å². The van der Waals surface area contributed by atoms with Crippen LogP contribution in [0.4, 0.5) is 0 Å². The van der Waals surface area contributed by atoms with Gasteiger partial charge in [0.15, 0.2) is 0 Å². The molecule has 17 heavy (non-hydrogen) atoms. The van der Waals surface area contributed by atoms with Gasteiger partial charge in [0.25, 0.3) is 0 Å². The highest BCUT2D eigenvalue weighted by molar-refractivity contribution is 5.84. The maximum atomic E-state index is 11.6. The summed E-state index contributed by atoms with van der Waals surface area (Å²) in [6.45, 7) is 10.3. The van der Waals surface area contributed by atoms with Crippen LogP contribution in [0.15, 0.2) is 0 Å². The summed E-state index contributed by atoms with van der Waals surface area (Å²) in [6.07, 6.45) is 3.32. The van der Waals surface area contributed by atoms with Gasteiger partial charge in [0.05, 0.1) is 5.54 Å². The molecule has 1 heterocycles. The number of amides is 1. The lowest BCUT2D eigenvalue weighted by Gasteiger charge is -2.32. The monoisotopic (exact) mass is 241 g/mol. The van der Waals surface area contributed by atoms with Gasteiger partial charge >= 0.3 is 0 Å². The van der Waals surface area contributed by atoms with Gasteiger partial charge in [0, 0.05) is 18.6 Å². The molecule has 1 fully saturated rings. The summed E-state index contributed by atoms with van der Waals surface area (Å²) < 4.78 is 0. The van der Waals surface area contributed by atoms with Crippen LogP contribution in [0.2, 0.25) is 0 Å². The highest BCUT2D eigenvalue weighted by Crippen LogP contribution is 2.19. The van der Waals surface area contributed by atoms with Crippen molar-refractivity contribution in [1.82, 2.24) is 10.2 Å². The Morgan fingerprint density at radius 3 is 2.65 bits per heavy atom. The average Bonchev–Trinajstić information content (AvgIpc) is 2.60. The molecule has 1 aliphatic rings. The maximum absolute atomic E-state index is 11.6. The molecular weight excluding hydrogens is 214 g/mol. The van der Waals surface area contributed by atoms with Gasteiger partial charge in [-0.3, -0.25) is 4.79 Å². The second-order valence-electron chi connectivity index (χ2n) is 5.77. The third-order valence-corrected chi connectivity index (χ3v) is 3.74. The van der Waals surface area contributed by atoms with Crippen LogP contribution in [0, 0.1) is 0 Å². The van der Waals surface area contributed by atoms with Crippen LogP contribution in [0.25, 0.3) is 0 Å². The standard InChI is InChI=1S/C13H27N3O/c1-10(2)15-13(4,12(14)17)7-9-16-8-5-6-11(16)3/h10-11,15H,5-9H2,1-4H3,(H2,14,17). The van der Waals surface area contributed by atoms with Gasteiger partial charge in [0.2, 0.25) is 5.91 Å². The molecule has 1 saturated heterocycles. The molecule has 0 radical (unpaired) electrons. The van der Waals surface area contributed by atoms with E-state index in [9.17, 15) is 4.79 Å². The summed E-state index contributed by atoms with van der Waals surface area (Å²) in [5, 5.41) is 3.29. The van der Waals surface area contributed by atoms with Crippen molar-refractivity contribution in [1.29, 1.82) is 0 Å². The van der Waals surface area contributed by atoms with Crippen molar-refractivity contribution < 1.29 is 4.79 Å². The number of likely N-dealkylation sites (tertiary alicyclic amines) is 1. The van der Waals surface area contributed by atoms with E-state index >= 15 is 0 Å². The fourth-order valence-electron chi connectivity index (χ4n) is 2.60. The third kappa shape index (κ3) is 3.96. The fraction of sp³-hybridized carbons (Fsp3) is 0.923. The number of hydrogen-bond donors (Lipinski definition) is 2. The van der Waals surface area contributed by atoms with E-state index in [0.717, 1.165) is 19.5 Å². The Morgan fingerprint density at radius 2 is 2.24 bits per heavy atom. The fourth-order valence-corrected chi connectivity index (χ4v) is 2.60. The number of rotatable bonds is 6. The average molecular weight is 241 g/mol. The van der Waals surface area contributed by atoms with Crippen molar-refractivity contribution in [3.05, 3.63) is 0 Å². The number of carbonyl (C=O) groups is 1. The summed E-state index contributed by atoms with van der Waals surface area (Å²) in [5.74, 6) is -0.252. The number of nitrogens with two attached hydrogens (primary N) is 1. The quantitative estimate of drug-likeness (QED) is 0.732. The molecule has 2 unspecified atom stereocenters. The highest BCUT2D eigenvalue weighted by atomic mass is 16.1. The summed E-state index contributed by atoms with van der Waals surface area (Å²) in [4.78, 5) is 14.0. The molecule has 4 heteroatoms. The van der Waals surface area contributed by atoms with E-state index in [-0.39, 0.29) is 11.9 Å². The molecule has 0 aromatic carbocycles. The first-order valence-electron chi connectivity index (χ1n) is 6.67. The van der Waals surface area contributed by atoms with E-state index in [1.165, 1.54) is 12.8 Å². The van der Waals surface area contributed by atoms with Crippen molar-refractivity contribution in [2.24, 2.45) is 5.73 Å². The normalized spacial score (nSPS) is 25.1. The predicted molar refractivity (Wildman–Crippen MR) is 70.8 cm³/mol. The number of nitrogens with one attached hydrogen (secondary N) is 1. The molecule has 1 rings (SSSR count). The number of carbonyl (C=O) groups excluding carboxylic acids is 1. The minimum Gasteiger partial charge on any atom is -0.368 e. The van der Waals surface area contributed by atoms with E-state index in [1.54, 1.807) is 0 Å². The van der Waals surface area contributed by atoms with Gasteiger partial charge in [-0.15, -0.1) is 0 Å². The number of nitrogens with zero attached hydrogens (tertiary/aromatic N) is 1. The number of primary amides is 1. The zero-order chi connectivity index (χ0) is 13.1. The summed E-state index contributed by atoms with van der Waals surface area (Å²) in [6, 6.07) is 0.912. The predicted octanol–water partition coefficient (Wildman–Crippen LogP) is 1.10. The Hall–Kier alpha value is -0.610. The van der Waals surface area contributed by atoms with E-state index in [1.807, 2.05) is 20.8 Å². The van der Waals surface area contributed by atoms with E-state index in [0.29, 0.717) is 6.04 Å².